The van der Waals surface area contributed by atoms with Gasteiger partial charge in [-0.1, -0.05) is 41.4 Å². The molecule has 3 nitrogen and oxygen atoms in total. The lowest BCUT2D eigenvalue weighted by molar-refractivity contribution is 1.36. The SMILES string of the molecule is N#Cc1cnc2c(Cl)cccc2c1Nc1cccc(Cl)c1. The molecular weight excluding hydrogens is 305 g/mol. The summed E-state index contributed by atoms with van der Waals surface area (Å²) in [5.41, 5.74) is 2.58. The summed E-state index contributed by atoms with van der Waals surface area (Å²) in [6, 6.07) is 14.9. The summed E-state index contributed by atoms with van der Waals surface area (Å²) in [5.74, 6) is 0. The van der Waals surface area contributed by atoms with Crippen LogP contribution in [0.5, 0.6) is 0 Å². The Morgan fingerprint density at radius 1 is 1.10 bits per heavy atom. The molecule has 0 atom stereocenters. The Labute approximate surface area is 131 Å². The summed E-state index contributed by atoms with van der Waals surface area (Å²) in [5, 5.41) is 14.5. The van der Waals surface area contributed by atoms with E-state index in [9.17, 15) is 5.26 Å². The van der Waals surface area contributed by atoms with Crippen molar-refractivity contribution in [3.8, 4) is 6.07 Å². The fourth-order valence-corrected chi connectivity index (χ4v) is 2.53. The highest BCUT2D eigenvalue weighted by molar-refractivity contribution is 6.35. The minimum absolute atomic E-state index is 0.449. The second-order valence-corrected chi connectivity index (χ2v) is 5.27. The van der Waals surface area contributed by atoms with Gasteiger partial charge in [0.1, 0.15) is 6.07 Å². The Balaban J connectivity index is 2.20. The lowest BCUT2D eigenvalue weighted by Crippen LogP contribution is -1.97. The number of nitrogens with one attached hydrogen (secondary N) is 1. The number of aromatic nitrogens is 1. The molecule has 0 radical (unpaired) electrons. The molecule has 0 saturated carbocycles. The summed E-state index contributed by atoms with van der Waals surface area (Å²) in [7, 11) is 0. The third kappa shape index (κ3) is 2.64. The van der Waals surface area contributed by atoms with Crippen molar-refractivity contribution in [3.05, 3.63) is 64.3 Å². The number of nitriles is 1. The van der Waals surface area contributed by atoms with E-state index in [1.54, 1.807) is 18.2 Å². The van der Waals surface area contributed by atoms with Crippen LogP contribution in [-0.2, 0) is 0 Å². The van der Waals surface area contributed by atoms with Crippen molar-refractivity contribution >= 4 is 45.5 Å². The van der Waals surface area contributed by atoms with Gasteiger partial charge in [-0.15, -0.1) is 0 Å². The van der Waals surface area contributed by atoms with E-state index in [1.165, 1.54) is 6.20 Å². The summed E-state index contributed by atoms with van der Waals surface area (Å²) in [4.78, 5) is 4.25. The van der Waals surface area contributed by atoms with Crippen molar-refractivity contribution in [2.24, 2.45) is 0 Å². The Morgan fingerprint density at radius 2 is 1.90 bits per heavy atom. The van der Waals surface area contributed by atoms with Gasteiger partial charge in [0, 0.05) is 22.3 Å². The summed E-state index contributed by atoms with van der Waals surface area (Å²) >= 11 is 12.1. The summed E-state index contributed by atoms with van der Waals surface area (Å²) in [6.45, 7) is 0. The highest BCUT2D eigenvalue weighted by Crippen LogP contribution is 2.32. The first-order chi connectivity index (χ1) is 10.2. The quantitative estimate of drug-likeness (QED) is 0.711. The van der Waals surface area contributed by atoms with Gasteiger partial charge in [0.15, 0.2) is 0 Å². The monoisotopic (exact) mass is 313 g/mol. The van der Waals surface area contributed by atoms with Gasteiger partial charge in [0.05, 0.1) is 21.8 Å². The van der Waals surface area contributed by atoms with Crippen LogP contribution in [0.1, 0.15) is 5.56 Å². The number of pyridine rings is 1. The van der Waals surface area contributed by atoms with E-state index >= 15 is 0 Å². The van der Waals surface area contributed by atoms with Crippen LogP contribution in [0.4, 0.5) is 11.4 Å². The number of rotatable bonds is 2. The fourth-order valence-electron chi connectivity index (χ4n) is 2.12. The number of halogens is 2. The van der Waals surface area contributed by atoms with Crippen LogP contribution in [-0.4, -0.2) is 4.98 Å². The second kappa shape index (κ2) is 5.61. The highest BCUT2D eigenvalue weighted by atomic mass is 35.5. The van der Waals surface area contributed by atoms with Gasteiger partial charge in [-0.05, 0) is 24.3 Å². The van der Waals surface area contributed by atoms with Gasteiger partial charge in [-0.3, -0.25) is 4.98 Å². The van der Waals surface area contributed by atoms with Gasteiger partial charge in [-0.2, -0.15) is 5.26 Å². The van der Waals surface area contributed by atoms with Crippen molar-refractivity contribution in [3.63, 3.8) is 0 Å². The third-order valence-electron chi connectivity index (χ3n) is 3.06. The number of hydrogen-bond acceptors (Lipinski definition) is 3. The maximum atomic E-state index is 9.29. The van der Waals surface area contributed by atoms with Crippen molar-refractivity contribution in [1.82, 2.24) is 4.98 Å². The predicted molar refractivity (Wildman–Crippen MR) is 86.2 cm³/mol. The summed E-state index contributed by atoms with van der Waals surface area (Å²) < 4.78 is 0. The Morgan fingerprint density at radius 3 is 2.67 bits per heavy atom. The van der Waals surface area contributed by atoms with Crippen LogP contribution in [0.2, 0.25) is 10.0 Å². The first-order valence-electron chi connectivity index (χ1n) is 6.19. The van der Waals surface area contributed by atoms with Crippen LogP contribution >= 0.6 is 23.2 Å². The van der Waals surface area contributed by atoms with E-state index in [0.29, 0.717) is 26.8 Å². The molecule has 0 bridgehead atoms. The molecule has 0 fully saturated rings. The standard InChI is InChI=1S/C16H9Cl2N3/c17-11-3-1-4-12(7-11)21-15-10(8-19)9-20-16-13(15)5-2-6-14(16)18/h1-7,9H,(H,20,21). The van der Waals surface area contributed by atoms with Crippen molar-refractivity contribution < 1.29 is 0 Å². The number of anilines is 2. The molecule has 21 heavy (non-hydrogen) atoms. The number of para-hydroxylation sites is 1. The minimum Gasteiger partial charge on any atom is -0.354 e. The molecule has 0 aliphatic carbocycles. The Bertz CT molecular complexity index is 869. The van der Waals surface area contributed by atoms with E-state index in [1.807, 2.05) is 24.3 Å². The molecule has 0 saturated heterocycles. The van der Waals surface area contributed by atoms with E-state index in [4.69, 9.17) is 23.2 Å². The molecule has 5 heteroatoms. The molecule has 1 aromatic heterocycles. The van der Waals surface area contributed by atoms with Crippen LogP contribution in [0.15, 0.2) is 48.7 Å². The maximum absolute atomic E-state index is 9.29. The smallest absolute Gasteiger partial charge is 0.103 e. The normalized spacial score (nSPS) is 10.3. The predicted octanol–water partition coefficient (Wildman–Crippen LogP) is 5.16. The number of nitrogens with zero attached hydrogens (tertiary/aromatic N) is 2. The average molecular weight is 314 g/mol. The molecule has 2 aromatic carbocycles. The van der Waals surface area contributed by atoms with Gasteiger partial charge >= 0.3 is 0 Å². The van der Waals surface area contributed by atoms with Crippen molar-refractivity contribution in [2.75, 3.05) is 5.32 Å². The van der Waals surface area contributed by atoms with Crippen molar-refractivity contribution in [1.29, 1.82) is 5.26 Å². The van der Waals surface area contributed by atoms with E-state index in [0.717, 1.165) is 11.1 Å². The second-order valence-electron chi connectivity index (χ2n) is 4.43. The maximum Gasteiger partial charge on any atom is 0.103 e. The average Bonchev–Trinajstić information content (AvgIpc) is 2.48. The lowest BCUT2D eigenvalue weighted by Gasteiger charge is -2.12. The van der Waals surface area contributed by atoms with Gasteiger partial charge in [0.2, 0.25) is 0 Å². The van der Waals surface area contributed by atoms with E-state index in [2.05, 4.69) is 16.4 Å². The molecule has 3 aromatic rings. The molecular formula is C16H9Cl2N3. The largest absolute Gasteiger partial charge is 0.354 e. The zero-order valence-corrected chi connectivity index (χ0v) is 12.3. The minimum atomic E-state index is 0.449. The number of benzene rings is 2. The first kappa shape index (κ1) is 13.7. The molecule has 0 spiro atoms. The first-order valence-corrected chi connectivity index (χ1v) is 6.94. The zero-order valence-electron chi connectivity index (χ0n) is 10.8. The van der Waals surface area contributed by atoms with Gasteiger partial charge < -0.3 is 5.32 Å². The fraction of sp³-hybridized carbons (Fsp3) is 0. The van der Waals surface area contributed by atoms with E-state index < -0.39 is 0 Å². The Kier molecular flexibility index (Phi) is 3.66. The molecule has 0 aliphatic rings. The zero-order chi connectivity index (χ0) is 14.8. The third-order valence-corrected chi connectivity index (χ3v) is 3.60. The van der Waals surface area contributed by atoms with Crippen molar-refractivity contribution in [2.45, 2.75) is 0 Å². The van der Waals surface area contributed by atoms with E-state index in [-0.39, 0.29) is 0 Å². The number of fused-ring (bicyclic) bond motifs is 1. The highest BCUT2D eigenvalue weighted by Gasteiger charge is 2.11. The molecule has 1 heterocycles. The van der Waals surface area contributed by atoms with Gasteiger partial charge in [-0.25, -0.2) is 0 Å². The summed E-state index contributed by atoms with van der Waals surface area (Å²) in [6.07, 6.45) is 1.51. The van der Waals surface area contributed by atoms with Crippen LogP contribution in [0, 0.1) is 11.3 Å². The Hall–Kier alpha value is -2.28. The molecule has 0 amide bonds. The van der Waals surface area contributed by atoms with Crippen LogP contribution in [0.3, 0.4) is 0 Å². The van der Waals surface area contributed by atoms with Crippen LogP contribution in [0.25, 0.3) is 10.9 Å². The number of hydrogen-bond donors (Lipinski definition) is 1. The molecule has 0 unspecified atom stereocenters. The molecule has 3 rings (SSSR count). The molecule has 102 valence electrons. The topological polar surface area (TPSA) is 48.7 Å². The van der Waals surface area contributed by atoms with Crippen LogP contribution < -0.4 is 5.32 Å². The van der Waals surface area contributed by atoms with Gasteiger partial charge in [0.25, 0.3) is 0 Å². The lowest BCUT2D eigenvalue weighted by atomic mass is 10.1. The molecule has 1 N–H and O–H groups in total. The molecule has 0 aliphatic heterocycles.